The van der Waals surface area contributed by atoms with E-state index in [1.807, 2.05) is 0 Å². The van der Waals surface area contributed by atoms with Crippen LogP contribution in [-0.2, 0) is 16.6 Å². The number of hydrogen-bond donors (Lipinski definition) is 1. The Morgan fingerprint density at radius 1 is 0.941 bits per heavy atom. The summed E-state index contributed by atoms with van der Waals surface area (Å²) in [4.78, 5) is 26.0. The molecule has 0 spiro atoms. The van der Waals surface area contributed by atoms with Crippen LogP contribution in [0.25, 0.3) is 0 Å². The topological polar surface area (TPSA) is 46.2 Å². The number of carbonyl (C=O) groups is 2. The number of alkyl halides is 2. The zero-order valence-electron chi connectivity index (χ0n) is 17.6. The molecule has 0 bridgehead atoms. The van der Waals surface area contributed by atoms with Gasteiger partial charge in [0.05, 0.1) is 16.5 Å². The molecule has 1 fully saturated rings. The molecule has 1 amide bonds. The van der Waals surface area contributed by atoms with Gasteiger partial charge in [-0.05, 0) is 65.7 Å². The first-order valence-corrected chi connectivity index (χ1v) is 12.0. The van der Waals surface area contributed by atoms with Crippen LogP contribution in [0.1, 0.15) is 28.4 Å². The van der Waals surface area contributed by atoms with Crippen LogP contribution in [-0.4, -0.2) is 16.0 Å². The number of amides is 1. The van der Waals surface area contributed by atoms with Crippen molar-refractivity contribution < 1.29 is 14.0 Å². The minimum Gasteiger partial charge on any atom is -0.322 e. The highest BCUT2D eigenvalue weighted by molar-refractivity contribution is 6.54. The Bertz CT molecular complexity index is 1270. The molecule has 0 saturated heterocycles. The molecule has 0 heterocycles. The summed E-state index contributed by atoms with van der Waals surface area (Å²) >= 11 is 31.6. The maximum atomic E-state index is 13.2. The highest BCUT2D eigenvalue weighted by Gasteiger charge is 2.76. The second kappa shape index (κ2) is 9.33. The van der Waals surface area contributed by atoms with Gasteiger partial charge in [0, 0.05) is 27.6 Å². The van der Waals surface area contributed by atoms with E-state index in [9.17, 15) is 14.0 Å². The van der Waals surface area contributed by atoms with E-state index in [4.69, 9.17) is 58.0 Å². The molecule has 2 unspecified atom stereocenters. The highest BCUT2D eigenvalue weighted by Crippen LogP contribution is 2.70. The molecular formula is C25H17Cl5FNO2. The lowest BCUT2D eigenvalue weighted by atomic mass is 9.92. The number of anilines is 1. The van der Waals surface area contributed by atoms with Crippen LogP contribution in [0.5, 0.6) is 0 Å². The van der Waals surface area contributed by atoms with Crippen molar-refractivity contribution in [3.63, 3.8) is 0 Å². The fourth-order valence-electron chi connectivity index (χ4n) is 4.16. The van der Waals surface area contributed by atoms with E-state index in [0.717, 1.165) is 0 Å². The molecule has 1 N–H and O–H groups in total. The standard InChI is InChI=1S/C25H17Cl5FNO2/c1-24(14-10-15(26)12-16(27)11-14)22(25(24,29)30)21(33)9-13-2-7-20(28)19(8-13)23(34)32-18-5-3-17(31)4-6-18/h2-8,10-12,22H,9H2,1H3,(H,32,34). The van der Waals surface area contributed by atoms with Crippen LogP contribution in [0.3, 0.4) is 0 Å². The molecule has 1 aliphatic rings. The number of carbonyl (C=O) groups excluding carboxylic acids is 2. The minimum atomic E-state index is -1.34. The minimum absolute atomic E-state index is 0.0102. The Hall–Kier alpha value is -1.82. The van der Waals surface area contributed by atoms with Gasteiger partial charge in [-0.2, -0.15) is 0 Å². The van der Waals surface area contributed by atoms with Crippen LogP contribution < -0.4 is 5.32 Å². The predicted octanol–water partition coefficient (Wildman–Crippen LogP) is 7.91. The van der Waals surface area contributed by atoms with Gasteiger partial charge in [0.2, 0.25) is 0 Å². The van der Waals surface area contributed by atoms with Gasteiger partial charge in [-0.3, -0.25) is 9.59 Å². The number of ketones is 1. The van der Waals surface area contributed by atoms with Crippen molar-refractivity contribution >= 4 is 75.4 Å². The highest BCUT2D eigenvalue weighted by atomic mass is 35.5. The van der Waals surface area contributed by atoms with Gasteiger partial charge >= 0.3 is 0 Å². The van der Waals surface area contributed by atoms with E-state index in [1.54, 1.807) is 43.3 Å². The molecule has 2 atom stereocenters. The fourth-order valence-corrected chi connectivity index (χ4v) is 5.90. The molecule has 0 aromatic heterocycles. The molecule has 0 aliphatic heterocycles. The molecule has 176 valence electrons. The van der Waals surface area contributed by atoms with Crippen molar-refractivity contribution in [3.8, 4) is 0 Å². The largest absolute Gasteiger partial charge is 0.322 e. The third-order valence-corrected chi connectivity index (χ3v) is 8.08. The quantitative estimate of drug-likeness (QED) is 0.312. The van der Waals surface area contributed by atoms with E-state index in [0.29, 0.717) is 26.9 Å². The van der Waals surface area contributed by atoms with Crippen molar-refractivity contribution in [2.75, 3.05) is 5.32 Å². The van der Waals surface area contributed by atoms with Crippen molar-refractivity contribution in [1.82, 2.24) is 0 Å². The lowest BCUT2D eigenvalue weighted by molar-refractivity contribution is -0.120. The summed E-state index contributed by atoms with van der Waals surface area (Å²) in [5.74, 6) is -1.81. The Labute approximate surface area is 221 Å². The summed E-state index contributed by atoms with van der Waals surface area (Å²) in [6, 6.07) is 15.1. The molecular weight excluding hydrogens is 543 g/mol. The number of Topliss-reactive ketones (excluding diaryl/α,β-unsaturated/α-hetero) is 1. The van der Waals surface area contributed by atoms with Gasteiger partial charge in [-0.15, -0.1) is 0 Å². The molecule has 0 radical (unpaired) electrons. The second-order valence-corrected chi connectivity index (χ2v) is 11.0. The Balaban J connectivity index is 1.54. The summed E-state index contributed by atoms with van der Waals surface area (Å²) in [5.41, 5.74) is 0.952. The van der Waals surface area contributed by atoms with Gasteiger partial charge in [-0.1, -0.05) is 71.0 Å². The first kappa shape index (κ1) is 25.3. The van der Waals surface area contributed by atoms with E-state index in [-0.39, 0.29) is 22.8 Å². The zero-order valence-corrected chi connectivity index (χ0v) is 21.4. The summed E-state index contributed by atoms with van der Waals surface area (Å²) in [5, 5.41) is 3.70. The molecule has 3 aromatic rings. The first-order chi connectivity index (χ1) is 15.9. The fraction of sp³-hybridized carbons (Fsp3) is 0.200. The number of hydrogen-bond acceptors (Lipinski definition) is 2. The van der Waals surface area contributed by atoms with Crippen molar-refractivity contribution in [3.05, 3.63) is 98.2 Å². The Morgan fingerprint density at radius 2 is 1.56 bits per heavy atom. The monoisotopic (exact) mass is 557 g/mol. The average Bonchev–Trinajstić information content (AvgIpc) is 3.23. The van der Waals surface area contributed by atoms with Gasteiger partial charge in [0.1, 0.15) is 15.9 Å². The SMILES string of the molecule is CC1(c2cc(Cl)cc(Cl)c2)C(C(=O)Cc2ccc(Cl)c(C(=O)Nc3ccc(F)cc3)c2)C1(Cl)Cl. The summed E-state index contributed by atoms with van der Waals surface area (Å²) in [6.45, 7) is 1.79. The van der Waals surface area contributed by atoms with E-state index in [2.05, 4.69) is 5.32 Å². The number of benzene rings is 3. The van der Waals surface area contributed by atoms with Crippen LogP contribution in [0.4, 0.5) is 10.1 Å². The Kier molecular flexibility index (Phi) is 6.93. The first-order valence-electron chi connectivity index (χ1n) is 10.2. The lowest BCUT2D eigenvalue weighted by Crippen LogP contribution is -2.16. The normalized spacial score (nSPS) is 20.6. The van der Waals surface area contributed by atoms with Crippen LogP contribution in [0.2, 0.25) is 15.1 Å². The molecule has 3 aromatic carbocycles. The summed E-state index contributed by atoms with van der Waals surface area (Å²) < 4.78 is 11.8. The van der Waals surface area contributed by atoms with E-state index < -0.39 is 27.4 Å². The number of halogens is 6. The molecule has 1 saturated carbocycles. The maximum Gasteiger partial charge on any atom is 0.257 e. The third kappa shape index (κ3) is 4.67. The van der Waals surface area contributed by atoms with Crippen LogP contribution in [0, 0.1) is 11.7 Å². The second-order valence-electron chi connectivity index (χ2n) is 8.33. The number of rotatable bonds is 6. The third-order valence-electron chi connectivity index (χ3n) is 6.09. The zero-order chi connectivity index (χ0) is 24.8. The van der Waals surface area contributed by atoms with Crippen molar-refractivity contribution in [2.45, 2.75) is 23.1 Å². The van der Waals surface area contributed by atoms with Gasteiger partial charge < -0.3 is 5.32 Å². The van der Waals surface area contributed by atoms with Gasteiger partial charge in [0.15, 0.2) is 0 Å². The average molecular weight is 560 g/mol. The van der Waals surface area contributed by atoms with E-state index >= 15 is 0 Å². The van der Waals surface area contributed by atoms with Crippen molar-refractivity contribution in [1.29, 1.82) is 0 Å². The predicted molar refractivity (Wildman–Crippen MR) is 136 cm³/mol. The molecule has 34 heavy (non-hydrogen) atoms. The molecule has 1 aliphatic carbocycles. The van der Waals surface area contributed by atoms with Gasteiger partial charge in [0.25, 0.3) is 5.91 Å². The summed E-state index contributed by atoms with van der Waals surface area (Å²) in [7, 11) is 0. The number of nitrogens with one attached hydrogen (secondary N) is 1. The van der Waals surface area contributed by atoms with Gasteiger partial charge in [-0.25, -0.2) is 4.39 Å². The maximum absolute atomic E-state index is 13.2. The van der Waals surface area contributed by atoms with Crippen LogP contribution >= 0.6 is 58.0 Å². The molecule has 3 nitrogen and oxygen atoms in total. The Morgan fingerprint density at radius 3 is 2.18 bits per heavy atom. The summed E-state index contributed by atoms with van der Waals surface area (Å²) in [6.07, 6.45) is -0.0102. The molecule has 4 rings (SSSR count). The molecule has 9 heteroatoms. The van der Waals surface area contributed by atoms with E-state index in [1.165, 1.54) is 24.3 Å². The van der Waals surface area contributed by atoms with Crippen molar-refractivity contribution in [2.24, 2.45) is 5.92 Å². The van der Waals surface area contributed by atoms with Crippen LogP contribution in [0.15, 0.2) is 60.7 Å². The smallest absolute Gasteiger partial charge is 0.257 e. The lowest BCUT2D eigenvalue weighted by Gasteiger charge is -2.14.